The summed E-state index contributed by atoms with van der Waals surface area (Å²) in [6, 6.07) is 9.22. The lowest BCUT2D eigenvalue weighted by Crippen LogP contribution is -2.47. The Kier molecular flexibility index (Phi) is 4.34. The molecule has 23 heavy (non-hydrogen) atoms. The molecule has 1 unspecified atom stereocenters. The smallest absolute Gasteiger partial charge is 0.256 e. The molecule has 3 rings (SSSR count). The van der Waals surface area contributed by atoms with Crippen molar-refractivity contribution in [1.82, 2.24) is 14.7 Å². The van der Waals surface area contributed by atoms with Crippen LogP contribution in [-0.4, -0.2) is 46.4 Å². The van der Waals surface area contributed by atoms with Crippen molar-refractivity contribution in [2.24, 2.45) is 0 Å². The predicted octanol–water partition coefficient (Wildman–Crippen LogP) is 1.62. The molecule has 2 N–H and O–H groups in total. The highest BCUT2D eigenvalue weighted by Gasteiger charge is 2.26. The summed E-state index contributed by atoms with van der Waals surface area (Å²) >= 11 is 0. The van der Waals surface area contributed by atoms with Crippen LogP contribution in [0.3, 0.4) is 0 Å². The molecule has 1 aliphatic rings. The Morgan fingerprint density at radius 2 is 2.17 bits per heavy atom. The first kappa shape index (κ1) is 15.6. The molecule has 1 saturated heterocycles. The standard InChI is InChI=1S/C17H22N4O2/c1-12-9-13(2)21(19-12)11-14-10-20(7-8-23-14)17(22)15-5-3-4-6-16(15)18/h3-6,9,14H,7-8,10-11,18H2,1-2H3. The maximum atomic E-state index is 12.7. The Labute approximate surface area is 135 Å². The van der Waals surface area contributed by atoms with Gasteiger partial charge >= 0.3 is 0 Å². The molecule has 6 heteroatoms. The number of hydrogen-bond donors (Lipinski definition) is 1. The number of carbonyl (C=O) groups excluding carboxylic acids is 1. The Bertz CT molecular complexity index is 710. The predicted molar refractivity (Wildman–Crippen MR) is 88.2 cm³/mol. The summed E-state index contributed by atoms with van der Waals surface area (Å²) in [5.41, 5.74) is 9.07. The van der Waals surface area contributed by atoms with Crippen LogP contribution in [0.25, 0.3) is 0 Å². The number of nitrogens with zero attached hydrogens (tertiary/aromatic N) is 3. The molecule has 0 bridgehead atoms. The second-order valence-corrected chi connectivity index (χ2v) is 5.94. The maximum Gasteiger partial charge on any atom is 0.256 e. The highest BCUT2D eigenvalue weighted by molar-refractivity contribution is 5.99. The van der Waals surface area contributed by atoms with Crippen molar-refractivity contribution in [2.45, 2.75) is 26.5 Å². The molecule has 1 aliphatic heterocycles. The highest BCUT2D eigenvalue weighted by atomic mass is 16.5. The van der Waals surface area contributed by atoms with Gasteiger partial charge in [0.15, 0.2) is 0 Å². The number of carbonyl (C=O) groups is 1. The number of nitrogen functional groups attached to an aromatic ring is 1. The topological polar surface area (TPSA) is 73.4 Å². The first-order valence-electron chi connectivity index (χ1n) is 7.81. The van der Waals surface area contributed by atoms with Crippen LogP contribution in [-0.2, 0) is 11.3 Å². The molecular weight excluding hydrogens is 292 g/mol. The number of nitrogens with two attached hydrogens (primary N) is 1. The Hall–Kier alpha value is -2.34. The molecule has 0 spiro atoms. The van der Waals surface area contributed by atoms with Crippen molar-refractivity contribution in [3.63, 3.8) is 0 Å². The van der Waals surface area contributed by atoms with Crippen molar-refractivity contribution < 1.29 is 9.53 Å². The number of ether oxygens (including phenoxy) is 1. The van der Waals surface area contributed by atoms with Crippen LogP contribution < -0.4 is 5.73 Å². The van der Waals surface area contributed by atoms with Crippen molar-refractivity contribution in [2.75, 3.05) is 25.4 Å². The molecule has 0 aliphatic carbocycles. The van der Waals surface area contributed by atoms with E-state index in [9.17, 15) is 4.79 Å². The van der Waals surface area contributed by atoms with E-state index in [-0.39, 0.29) is 12.0 Å². The number of amides is 1. The number of para-hydroxylation sites is 1. The summed E-state index contributed by atoms with van der Waals surface area (Å²) in [5, 5.41) is 4.46. The molecule has 1 amide bonds. The minimum absolute atomic E-state index is 0.0373. The van der Waals surface area contributed by atoms with Gasteiger partial charge in [0.1, 0.15) is 0 Å². The Morgan fingerprint density at radius 1 is 1.39 bits per heavy atom. The fraction of sp³-hybridized carbons (Fsp3) is 0.412. The van der Waals surface area contributed by atoms with Crippen molar-refractivity contribution in [1.29, 1.82) is 0 Å². The van der Waals surface area contributed by atoms with E-state index in [1.807, 2.05) is 41.6 Å². The number of hydrogen-bond acceptors (Lipinski definition) is 4. The van der Waals surface area contributed by atoms with Gasteiger partial charge < -0.3 is 15.4 Å². The number of aromatic nitrogens is 2. The van der Waals surface area contributed by atoms with Crippen LogP contribution in [0.2, 0.25) is 0 Å². The highest BCUT2D eigenvalue weighted by Crippen LogP contribution is 2.17. The molecule has 1 aromatic heterocycles. The van der Waals surface area contributed by atoms with Crippen LogP contribution in [0.15, 0.2) is 30.3 Å². The van der Waals surface area contributed by atoms with E-state index in [1.54, 1.807) is 12.1 Å². The third-order valence-electron chi connectivity index (χ3n) is 4.10. The van der Waals surface area contributed by atoms with Gasteiger partial charge in [0.25, 0.3) is 5.91 Å². The first-order valence-corrected chi connectivity index (χ1v) is 7.81. The number of morpholine rings is 1. The number of rotatable bonds is 3. The molecule has 0 saturated carbocycles. The summed E-state index contributed by atoms with van der Waals surface area (Å²) in [4.78, 5) is 14.5. The van der Waals surface area contributed by atoms with Gasteiger partial charge in [-0.25, -0.2) is 0 Å². The van der Waals surface area contributed by atoms with Crippen LogP contribution in [0.5, 0.6) is 0 Å². The average molecular weight is 314 g/mol. The quantitative estimate of drug-likeness (QED) is 0.874. The lowest BCUT2D eigenvalue weighted by molar-refractivity contribution is -0.0302. The second kappa shape index (κ2) is 6.42. The zero-order chi connectivity index (χ0) is 16.4. The normalized spacial score (nSPS) is 18.2. The van der Waals surface area contributed by atoms with Gasteiger partial charge in [-0.2, -0.15) is 5.10 Å². The Balaban J connectivity index is 1.70. The lowest BCUT2D eigenvalue weighted by Gasteiger charge is -2.33. The van der Waals surface area contributed by atoms with Crippen LogP contribution in [0, 0.1) is 13.8 Å². The molecule has 122 valence electrons. The van der Waals surface area contributed by atoms with E-state index in [1.165, 1.54) is 0 Å². The zero-order valence-corrected chi connectivity index (χ0v) is 13.5. The molecule has 2 heterocycles. The van der Waals surface area contributed by atoms with E-state index in [4.69, 9.17) is 10.5 Å². The van der Waals surface area contributed by atoms with E-state index in [0.717, 1.165) is 11.4 Å². The molecule has 0 radical (unpaired) electrons. The molecule has 1 fully saturated rings. The van der Waals surface area contributed by atoms with Crippen LogP contribution in [0.4, 0.5) is 5.69 Å². The van der Waals surface area contributed by atoms with E-state index < -0.39 is 0 Å². The summed E-state index contributed by atoms with van der Waals surface area (Å²) in [6.07, 6.45) is -0.0596. The first-order chi connectivity index (χ1) is 11.0. The largest absolute Gasteiger partial charge is 0.398 e. The van der Waals surface area contributed by atoms with Gasteiger partial charge in [-0.1, -0.05) is 12.1 Å². The molecule has 6 nitrogen and oxygen atoms in total. The minimum Gasteiger partial charge on any atom is -0.398 e. The summed E-state index contributed by atoms with van der Waals surface area (Å²) in [6.45, 7) is 6.30. The van der Waals surface area contributed by atoms with Gasteiger partial charge in [0, 0.05) is 24.5 Å². The maximum absolute atomic E-state index is 12.7. The van der Waals surface area contributed by atoms with E-state index >= 15 is 0 Å². The zero-order valence-electron chi connectivity index (χ0n) is 13.5. The van der Waals surface area contributed by atoms with Gasteiger partial charge in [-0.05, 0) is 32.0 Å². The second-order valence-electron chi connectivity index (χ2n) is 5.94. The monoisotopic (exact) mass is 314 g/mol. The molecule has 2 aromatic rings. The van der Waals surface area contributed by atoms with Crippen molar-refractivity contribution in [3.8, 4) is 0 Å². The number of benzene rings is 1. The third-order valence-corrected chi connectivity index (χ3v) is 4.10. The van der Waals surface area contributed by atoms with Gasteiger partial charge in [0.2, 0.25) is 0 Å². The lowest BCUT2D eigenvalue weighted by atomic mass is 10.1. The number of aryl methyl sites for hydroxylation is 2. The summed E-state index contributed by atoms with van der Waals surface area (Å²) < 4.78 is 7.74. The van der Waals surface area contributed by atoms with Crippen molar-refractivity contribution >= 4 is 11.6 Å². The fourth-order valence-electron chi connectivity index (χ4n) is 2.93. The van der Waals surface area contributed by atoms with Gasteiger partial charge in [-0.3, -0.25) is 9.48 Å². The molecular formula is C17H22N4O2. The SMILES string of the molecule is Cc1cc(C)n(CC2CN(C(=O)c3ccccc3N)CCO2)n1. The van der Waals surface area contributed by atoms with Crippen LogP contribution >= 0.6 is 0 Å². The van der Waals surface area contributed by atoms with Crippen molar-refractivity contribution in [3.05, 3.63) is 47.3 Å². The summed E-state index contributed by atoms with van der Waals surface area (Å²) in [5.74, 6) is -0.0373. The summed E-state index contributed by atoms with van der Waals surface area (Å²) in [7, 11) is 0. The third kappa shape index (κ3) is 3.37. The minimum atomic E-state index is -0.0596. The number of anilines is 1. The Morgan fingerprint density at radius 3 is 2.87 bits per heavy atom. The van der Waals surface area contributed by atoms with Crippen LogP contribution in [0.1, 0.15) is 21.7 Å². The van der Waals surface area contributed by atoms with Gasteiger partial charge in [0.05, 0.1) is 30.5 Å². The fourth-order valence-corrected chi connectivity index (χ4v) is 2.93. The van der Waals surface area contributed by atoms with E-state index in [0.29, 0.717) is 37.5 Å². The molecule has 1 atom stereocenters. The van der Waals surface area contributed by atoms with Gasteiger partial charge in [-0.15, -0.1) is 0 Å². The average Bonchev–Trinajstić information content (AvgIpc) is 2.85. The van der Waals surface area contributed by atoms with E-state index in [2.05, 4.69) is 5.10 Å². The molecule has 1 aromatic carbocycles.